The molecule has 0 spiro atoms. The van der Waals surface area contributed by atoms with E-state index in [1.165, 1.54) is 12.7 Å². The third-order valence-corrected chi connectivity index (χ3v) is 8.95. The van der Waals surface area contributed by atoms with Gasteiger partial charge < -0.3 is 8.83 Å². The number of hydrogen-bond donors (Lipinski definition) is 0. The minimum absolute atomic E-state index is 0.454. The predicted octanol–water partition coefficient (Wildman–Crippen LogP) is 9.40. The molecule has 10 rings (SSSR count). The highest BCUT2D eigenvalue weighted by Crippen LogP contribution is 2.35. The molecule has 254 valence electrons. The third kappa shape index (κ3) is 5.91. The number of nitrogens with zero attached hydrogens (tertiary/aromatic N) is 9. The van der Waals surface area contributed by atoms with Gasteiger partial charge in [0.25, 0.3) is 0 Å². The molecule has 0 amide bonds. The molecule has 11 nitrogen and oxygen atoms in total. The molecule has 0 saturated heterocycles. The van der Waals surface area contributed by atoms with Crippen LogP contribution in [-0.4, -0.2) is 44.9 Å². The average molecular weight is 700 g/mol. The zero-order valence-corrected chi connectivity index (χ0v) is 28.3. The van der Waals surface area contributed by atoms with Crippen molar-refractivity contribution in [3.63, 3.8) is 0 Å². The van der Waals surface area contributed by atoms with Crippen LogP contribution in [-0.2, 0) is 0 Å². The van der Waals surface area contributed by atoms with E-state index in [1.807, 2.05) is 115 Å². The van der Waals surface area contributed by atoms with Gasteiger partial charge in [-0.3, -0.25) is 0 Å². The van der Waals surface area contributed by atoms with Gasteiger partial charge in [-0.1, -0.05) is 36.4 Å². The second kappa shape index (κ2) is 13.1. The van der Waals surface area contributed by atoms with E-state index in [-0.39, 0.29) is 0 Å². The van der Waals surface area contributed by atoms with Crippen LogP contribution in [0.3, 0.4) is 0 Å². The number of fused-ring (bicyclic) bond motifs is 2. The second-order valence-electron chi connectivity index (χ2n) is 12.5. The minimum Gasteiger partial charge on any atom is -0.436 e. The Bertz CT molecular complexity index is 2740. The van der Waals surface area contributed by atoms with E-state index in [0.717, 1.165) is 61.1 Å². The van der Waals surface area contributed by atoms with Crippen molar-refractivity contribution < 1.29 is 8.83 Å². The van der Waals surface area contributed by atoms with E-state index >= 15 is 0 Å². The summed E-state index contributed by atoms with van der Waals surface area (Å²) in [6.07, 6.45) is 10.1. The molecule has 5 aromatic carbocycles. The second-order valence-corrected chi connectivity index (χ2v) is 12.5. The molecular weight excluding hydrogens is 675 g/mol. The molecule has 5 aromatic heterocycles. The Morgan fingerprint density at radius 1 is 0.315 bits per heavy atom. The van der Waals surface area contributed by atoms with Crippen molar-refractivity contribution in [3.05, 3.63) is 153 Å². The molecule has 5 heterocycles. The topological polar surface area (TPSA) is 142 Å². The Morgan fingerprint density at radius 2 is 0.722 bits per heavy atom. The van der Waals surface area contributed by atoms with Crippen LogP contribution in [0.5, 0.6) is 0 Å². The van der Waals surface area contributed by atoms with E-state index in [0.29, 0.717) is 40.4 Å². The van der Waals surface area contributed by atoms with Crippen molar-refractivity contribution in [2.75, 3.05) is 0 Å². The van der Waals surface area contributed by atoms with Crippen LogP contribution < -0.4 is 0 Å². The summed E-state index contributed by atoms with van der Waals surface area (Å²) in [5.74, 6) is 2.44. The lowest BCUT2D eigenvalue weighted by Gasteiger charge is -2.12. The molecule has 11 heteroatoms. The van der Waals surface area contributed by atoms with E-state index in [2.05, 4.69) is 19.9 Å². The summed E-state index contributed by atoms with van der Waals surface area (Å²) in [6.45, 7) is 0. The number of aromatic nitrogens is 9. The van der Waals surface area contributed by atoms with Crippen LogP contribution in [0.25, 0.3) is 102 Å². The molecule has 0 atom stereocenters. The van der Waals surface area contributed by atoms with Gasteiger partial charge in [0.2, 0.25) is 11.8 Å². The summed E-state index contributed by atoms with van der Waals surface area (Å²) in [5.41, 5.74) is 10.1. The van der Waals surface area contributed by atoms with Crippen LogP contribution in [0.15, 0.2) is 162 Å². The van der Waals surface area contributed by atoms with Crippen molar-refractivity contribution in [1.82, 2.24) is 44.9 Å². The van der Waals surface area contributed by atoms with Crippen LogP contribution in [0, 0.1) is 0 Å². The van der Waals surface area contributed by atoms with Gasteiger partial charge in [-0.2, -0.15) is 0 Å². The minimum atomic E-state index is 0.454. The maximum absolute atomic E-state index is 6.24. The summed E-state index contributed by atoms with van der Waals surface area (Å²) in [6, 6.07) is 37.2. The van der Waals surface area contributed by atoms with Gasteiger partial charge >= 0.3 is 0 Å². The first-order valence-electron chi connectivity index (χ1n) is 17.1. The number of rotatable bonds is 7. The Hall–Kier alpha value is -7.79. The van der Waals surface area contributed by atoms with Gasteiger partial charge in [-0.15, -0.1) is 0 Å². The normalized spacial score (nSPS) is 11.3. The van der Waals surface area contributed by atoms with Gasteiger partial charge in [-0.05, 0) is 90.0 Å². The smallest absolute Gasteiger partial charge is 0.227 e. The molecule has 0 aliphatic heterocycles. The molecule has 0 aliphatic carbocycles. The Kier molecular flexibility index (Phi) is 7.50. The number of oxazole rings is 2. The molecule has 0 aliphatic rings. The summed E-state index contributed by atoms with van der Waals surface area (Å²) in [7, 11) is 0. The first-order chi connectivity index (χ1) is 26.7. The van der Waals surface area contributed by atoms with Crippen LogP contribution in [0.4, 0.5) is 0 Å². The first-order valence-corrected chi connectivity index (χ1v) is 17.1. The van der Waals surface area contributed by atoms with Gasteiger partial charge in [-0.25, -0.2) is 44.9 Å². The third-order valence-electron chi connectivity index (χ3n) is 8.95. The number of hydrogen-bond acceptors (Lipinski definition) is 11. The lowest BCUT2D eigenvalue weighted by Crippen LogP contribution is -2.01. The van der Waals surface area contributed by atoms with Gasteiger partial charge in [0.05, 0.1) is 0 Å². The maximum Gasteiger partial charge on any atom is 0.227 e. The molecule has 0 saturated carbocycles. The molecule has 0 bridgehead atoms. The molecule has 0 N–H and O–H groups in total. The highest BCUT2D eigenvalue weighted by atomic mass is 16.4. The molecule has 10 aromatic rings. The van der Waals surface area contributed by atoms with E-state index in [4.69, 9.17) is 33.8 Å². The zero-order chi connectivity index (χ0) is 35.8. The van der Waals surface area contributed by atoms with Crippen LogP contribution >= 0.6 is 0 Å². The van der Waals surface area contributed by atoms with Gasteiger partial charge in [0.1, 0.15) is 23.7 Å². The van der Waals surface area contributed by atoms with Crippen molar-refractivity contribution in [1.29, 1.82) is 0 Å². The van der Waals surface area contributed by atoms with Crippen molar-refractivity contribution in [2.24, 2.45) is 0 Å². The highest BCUT2D eigenvalue weighted by molar-refractivity contribution is 5.84. The summed E-state index contributed by atoms with van der Waals surface area (Å²) in [4.78, 5) is 41.6. The standard InChI is InChI=1S/C43H25N9O2/c1-3-7-26(8-4-1)42-48-35-13-11-28(18-37(35)53-42)39-50-40(29-12-14-36-38(19-29)54-43(49-36)27-9-5-2-6-10-27)52-41(51-39)32-16-30(33-20-44-24-45-21-33)15-31(17-32)34-22-46-25-47-23-34/h1-25H. The Morgan fingerprint density at radius 3 is 1.17 bits per heavy atom. The Balaban J connectivity index is 1.15. The largest absolute Gasteiger partial charge is 0.436 e. The molecule has 0 radical (unpaired) electrons. The highest BCUT2D eigenvalue weighted by Gasteiger charge is 2.18. The zero-order valence-electron chi connectivity index (χ0n) is 28.3. The van der Waals surface area contributed by atoms with Gasteiger partial charge in [0, 0.05) is 63.7 Å². The summed E-state index contributed by atoms with van der Waals surface area (Å²) in [5, 5.41) is 0. The number of benzene rings is 5. The first kappa shape index (κ1) is 31.0. The summed E-state index contributed by atoms with van der Waals surface area (Å²) < 4.78 is 12.5. The van der Waals surface area contributed by atoms with E-state index < -0.39 is 0 Å². The monoisotopic (exact) mass is 699 g/mol. The fourth-order valence-electron chi connectivity index (χ4n) is 6.29. The lowest BCUT2D eigenvalue weighted by molar-refractivity contribution is 0.619. The predicted molar refractivity (Wildman–Crippen MR) is 204 cm³/mol. The fraction of sp³-hybridized carbons (Fsp3) is 0. The van der Waals surface area contributed by atoms with Crippen molar-refractivity contribution >= 4 is 22.2 Å². The lowest BCUT2D eigenvalue weighted by atomic mass is 9.98. The average Bonchev–Trinajstić information content (AvgIpc) is 3.89. The molecule has 0 unspecified atom stereocenters. The fourth-order valence-corrected chi connectivity index (χ4v) is 6.29. The Labute approximate surface area is 307 Å². The molecule has 54 heavy (non-hydrogen) atoms. The van der Waals surface area contributed by atoms with Crippen molar-refractivity contribution in [3.8, 4) is 79.3 Å². The molecule has 0 fully saturated rings. The van der Waals surface area contributed by atoms with E-state index in [1.54, 1.807) is 24.8 Å². The van der Waals surface area contributed by atoms with Crippen molar-refractivity contribution in [2.45, 2.75) is 0 Å². The SMILES string of the molecule is c1ccc(-c2nc3ccc(-c4nc(-c5cc(-c6cncnc6)cc(-c6cncnc6)c5)nc(-c5ccc6nc(-c7ccccc7)oc6c5)n4)cc3o2)cc1. The molecular formula is C43H25N9O2. The quantitative estimate of drug-likeness (QED) is 0.157. The van der Waals surface area contributed by atoms with Gasteiger partial charge in [0.15, 0.2) is 28.6 Å². The summed E-state index contributed by atoms with van der Waals surface area (Å²) >= 11 is 0. The van der Waals surface area contributed by atoms with E-state index in [9.17, 15) is 0 Å². The maximum atomic E-state index is 6.24. The van der Waals surface area contributed by atoms with Crippen LogP contribution in [0.1, 0.15) is 0 Å². The van der Waals surface area contributed by atoms with Crippen LogP contribution in [0.2, 0.25) is 0 Å².